The molecule has 170 valence electrons. The Hall–Kier alpha value is -1.93. The summed E-state index contributed by atoms with van der Waals surface area (Å²) in [4.78, 5) is 26.6. The molecule has 0 aromatic heterocycles. The first-order chi connectivity index (χ1) is 14.5. The van der Waals surface area contributed by atoms with Gasteiger partial charge in [0.25, 0.3) is 0 Å². The van der Waals surface area contributed by atoms with Crippen LogP contribution in [-0.2, 0) is 19.6 Å². The van der Waals surface area contributed by atoms with E-state index in [1.54, 1.807) is 16.4 Å². The Morgan fingerprint density at radius 2 is 1.87 bits per heavy atom. The number of hydrogen-bond donors (Lipinski definition) is 0. The second-order valence-corrected chi connectivity index (χ2v) is 11.8. The Labute approximate surface area is 184 Å². The fourth-order valence-electron chi connectivity index (χ4n) is 6.02. The van der Waals surface area contributed by atoms with Crippen LogP contribution in [0, 0.1) is 16.7 Å². The number of rotatable bonds is 5. The number of carbonyl (C=O) groups is 2. The number of benzene rings is 1. The van der Waals surface area contributed by atoms with Gasteiger partial charge in [-0.05, 0) is 55.4 Å². The van der Waals surface area contributed by atoms with E-state index in [9.17, 15) is 18.0 Å². The first-order valence-corrected chi connectivity index (χ1v) is 12.6. The number of carbonyl (C=O) groups excluding carboxylic acids is 2. The van der Waals surface area contributed by atoms with Gasteiger partial charge in [0, 0.05) is 43.2 Å². The van der Waals surface area contributed by atoms with Crippen LogP contribution in [0.1, 0.15) is 50.4 Å². The molecular weight excluding hydrogens is 416 g/mol. The Balaban J connectivity index is 1.47. The molecule has 8 heteroatoms. The van der Waals surface area contributed by atoms with Gasteiger partial charge in [-0.2, -0.15) is 4.31 Å². The highest BCUT2D eigenvalue weighted by atomic mass is 32.2. The van der Waals surface area contributed by atoms with Crippen LogP contribution in [0.3, 0.4) is 0 Å². The smallest absolute Gasteiger partial charge is 0.337 e. The largest absolute Gasteiger partial charge is 0.465 e. The summed E-state index contributed by atoms with van der Waals surface area (Å²) < 4.78 is 33.3. The Morgan fingerprint density at radius 3 is 2.39 bits per heavy atom. The van der Waals surface area contributed by atoms with Gasteiger partial charge in [0.2, 0.25) is 10.0 Å². The van der Waals surface area contributed by atoms with E-state index in [0.717, 1.165) is 12.1 Å². The van der Waals surface area contributed by atoms with Crippen molar-refractivity contribution in [3.63, 3.8) is 0 Å². The summed E-state index contributed by atoms with van der Waals surface area (Å²) in [7, 11) is -2.22. The van der Waals surface area contributed by atoms with E-state index in [2.05, 4.69) is 18.7 Å². The maximum atomic E-state index is 13.5. The second kappa shape index (κ2) is 7.59. The highest BCUT2D eigenvalue weighted by Gasteiger charge is 2.65. The van der Waals surface area contributed by atoms with Gasteiger partial charge in [-0.15, -0.1) is 0 Å². The van der Waals surface area contributed by atoms with Gasteiger partial charge in [0.05, 0.1) is 18.4 Å². The van der Waals surface area contributed by atoms with Gasteiger partial charge < -0.3 is 9.64 Å². The first kappa shape index (κ1) is 22.3. The molecule has 1 aromatic rings. The van der Waals surface area contributed by atoms with Crippen LogP contribution in [0.5, 0.6) is 0 Å². The summed E-state index contributed by atoms with van der Waals surface area (Å²) >= 11 is 0. The van der Waals surface area contributed by atoms with E-state index >= 15 is 0 Å². The molecule has 3 atom stereocenters. The highest BCUT2D eigenvalue weighted by molar-refractivity contribution is 7.89. The number of ketones is 1. The number of methoxy groups -OCH3 is 1. The number of sulfonamides is 1. The quantitative estimate of drug-likeness (QED) is 0.644. The third kappa shape index (κ3) is 3.48. The van der Waals surface area contributed by atoms with Crippen molar-refractivity contribution in [3.8, 4) is 0 Å². The summed E-state index contributed by atoms with van der Waals surface area (Å²) in [5.41, 5.74) is 0.431. The molecule has 0 N–H and O–H groups in total. The zero-order valence-electron chi connectivity index (χ0n) is 18.8. The molecule has 2 aliphatic carbocycles. The molecule has 0 spiro atoms. The average Bonchev–Trinajstić information content (AvgIpc) is 3.07. The van der Waals surface area contributed by atoms with Crippen molar-refractivity contribution >= 4 is 27.5 Å². The van der Waals surface area contributed by atoms with E-state index in [-0.39, 0.29) is 29.0 Å². The number of esters is 1. The maximum Gasteiger partial charge on any atom is 0.337 e. The topological polar surface area (TPSA) is 84.0 Å². The number of piperazine rings is 1. The lowest BCUT2D eigenvalue weighted by molar-refractivity contribution is -0.128. The molecule has 2 bridgehead atoms. The molecule has 31 heavy (non-hydrogen) atoms. The SMILES string of the molecule is COC(=O)c1ccc(N2CCN(S(=O)(=O)CC34CCC(CC3=O)C4(C)C)C(C)C2)cc1. The minimum absolute atomic E-state index is 0.0689. The number of ether oxygens (including phenoxy) is 1. The molecule has 0 amide bonds. The molecule has 3 unspecified atom stereocenters. The van der Waals surface area contributed by atoms with Crippen LogP contribution in [-0.4, -0.2) is 63.0 Å². The van der Waals surface area contributed by atoms with Crippen molar-refractivity contribution in [2.45, 2.75) is 46.1 Å². The summed E-state index contributed by atoms with van der Waals surface area (Å²) in [6, 6.07) is 6.96. The number of nitrogens with zero attached hydrogens (tertiary/aromatic N) is 2. The second-order valence-electron chi connectivity index (χ2n) is 9.87. The van der Waals surface area contributed by atoms with E-state index in [4.69, 9.17) is 4.74 Å². The van der Waals surface area contributed by atoms with Crippen molar-refractivity contribution in [1.29, 1.82) is 0 Å². The number of Topliss-reactive ketones (excluding diaryl/α,β-unsaturated/α-hetero) is 1. The molecule has 3 aliphatic rings. The van der Waals surface area contributed by atoms with Crippen LogP contribution >= 0.6 is 0 Å². The molecular formula is C23H32N2O5S. The van der Waals surface area contributed by atoms with Gasteiger partial charge in [0.1, 0.15) is 5.78 Å². The third-order valence-electron chi connectivity index (χ3n) is 8.15. The van der Waals surface area contributed by atoms with Gasteiger partial charge in [-0.25, -0.2) is 13.2 Å². The lowest BCUT2D eigenvalue weighted by Crippen LogP contribution is -2.56. The Morgan fingerprint density at radius 1 is 1.19 bits per heavy atom. The summed E-state index contributed by atoms with van der Waals surface area (Å²) in [6.45, 7) is 7.58. The fraction of sp³-hybridized carbons (Fsp3) is 0.652. The fourth-order valence-corrected chi connectivity index (χ4v) is 8.46. The predicted octanol–water partition coefficient (Wildman–Crippen LogP) is 2.71. The van der Waals surface area contributed by atoms with Gasteiger partial charge in [-0.3, -0.25) is 4.79 Å². The number of fused-ring (bicyclic) bond motifs is 2. The minimum Gasteiger partial charge on any atom is -0.465 e. The lowest BCUT2D eigenvalue weighted by atomic mass is 9.70. The standard InChI is InChI=1S/C23H32N2O5S/c1-16-14-24(19-7-5-17(6-8-19)21(27)30-4)11-12-25(16)31(28,29)15-23-10-9-18(13-20(23)26)22(23,2)3/h5-8,16,18H,9-15H2,1-4H3. The van der Waals surface area contributed by atoms with Crippen molar-refractivity contribution < 1.29 is 22.7 Å². The van der Waals surface area contributed by atoms with E-state index in [1.807, 2.05) is 19.1 Å². The molecule has 3 fully saturated rings. The lowest BCUT2D eigenvalue weighted by Gasteiger charge is -2.43. The van der Waals surface area contributed by atoms with Crippen molar-refractivity contribution in [3.05, 3.63) is 29.8 Å². The van der Waals surface area contributed by atoms with Crippen LogP contribution in [0.4, 0.5) is 5.69 Å². The zero-order chi connectivity index (χ0) is 22.6. The van der Waals surface area contributed by atoms with E-state index in [0.29, 0.717) is 44.0 Å². The summed E-state index contributed by atoms with van der Waals surface area (Å²) in [6.07, 6.45) is 2.15. The van der Waals surface area contributed by atoms with Crippen LogP contribution in [0.2, 0.25) is 0 Å². The summed E-state index contributed by atoms with van der Waals surface area (Å²) in [5, 5.41) is 0. The van der Waals surface area contributed by atoms with Crippen LogP contribution in [0.15, 0.2) is 24.3 Å². The van der Waals surface area contributed by atoms with Crippen LogP contribution in [0.25, 0.3) is 0 Å². The zero-order valence-corrected chi connectivity index (χ0v) is 19.6. The van der Waals surface area contributed by atoms with Gasteiger partial charge >= 0.3 is 5.97 Å². The third-order valence-corrected chi connectivity index (χ3v) is 10.3. The summed E-state index contributed by atoms with van der Waals surface area (Å²) in [5.74, 6) is -0.0129. The molecule has 1 saturated heterocycles. The molecule has 2 saturated carbocycles. The number of hydrogen-bond acceptors (Lipinski definition) is 6. The average molecular weight is 449 g/mol. The molecule has 0 radical (unpaired) electrons. The van der Waals surface area contributed by atoms with E-state index < -0.39 is 15.4 Å². The van der Waals surface area contributed by atoms with E-state index in [1.165, 1.54) is 7.11 Å². The minimum atomic E-state index is -3.57. The van der Waals surface area contributed by atoms with Crippen molar-refractivity contribution in [2.24, 2.45) is 16.7 Å². The van der Waals surface area contributed by atoms with Gasteiger partial charge in [-0.1, -0.05) is 13.8 Å². The normalized spacial score (nSPS) is 30.6. The first-order valence-electron chi connectivity index (χ1n) is 11.0. The highest BCUT2D eigenvalue weighted by Crippen LogP contribution is 2.64. The molecule has 1 aliphatic heterocycles. The van der Waals surface area contributed by atoms with Crippen molar-refractivity contribution in [2.75, 3.05) is 37.4 Å². The number of anilines is 1. The maximum absolute atomic E-state index is 13.5. The molecule has 1 heterocycles. The molecule has 7 nitrogen and oxygen atoms in total. The molecule has 4 rings (SSSR count). The molecule has 1 aromatic carbocycles. The van der Waals surface area contributed by atoms with Gasteiger partial charge in [0.15, 0.2) is 0 Å². The van der Waals surface area contributed by atoms with Crippen LogP contribution < -0.4 is 4.90 Å². The predicted molar refractivity (Wildman–Crippen MR) is 119 cm³/mol. The Bertz CT molecular complexity index is 988. The monoisotopic (exact) mass is 448 g/mol. The van der Waals surface area contributed by atoms with Crippen molar-refractivity contribution in [1.82, 2.24) is 4.31 Å². The Kier molecular flexibility index (Phi) is 5.45.